The summed E-state index contributed by atoms with van der Waals surface area (Å²) in [6.45, 7) is 1.88. The number of para-hydroxylation sites is 1. The fourth-order valence-corrected chi connectivity index (χ4v) is 4.86. The van der Waals surface area contributed by atoms with Crippen molar-refractivity contribution in [1.29, 1.82) is 0 Å². The van der Waals surface area contributed by atoms with Gasteiger partial charge in [0.25, 0.3) is 5.69 Å². The number of aryl methyl sites for hydroxylation is 1. The first-order valence-electron chi connectivity index (χ1n) is 7.68. The summed E-state index contributed by atoms with van der Waals surface area (Å²) >= 11 is 0. The van der Waals surface area contributed by atoms with Gasteiger partial charge in [-0.3, -0.25) is 14.9 Å². The SMILES string of the molecule is C[C@@H]1[C@H](C(=O)O)CCCN1S(=O)(=O)CCc1ccccc1[N+](=O)[O-]. The maximum absolute atomic E-state index is 12.6. The molecule has 0 saturated carbocycles. The number of hydrogen-bond donors (Lipinski definition) is 1. The number of sulfonamides is 1. The molecule has 0 spiro atoms. The summed E-state index contributed by atoms with van der Waals surface area (Å²) in [6, 6.07) is 5.41. The molecule has 0 unspecified atom stereocenters. The fraction of sp³-hybridized carbons (Fsp3) is 0.533. The zero-order valence-electron chi connectivity index (χ0n) is 13.3. The molecule has 24 heavy (non-hydrogen) atoms. The van der Waals surface area contributed by atoms with Crippen molar-refractivity contribution < 1.29 is 23.2 Å². The molecule has 0 amide bonds. The lowest BCUT2D eigenvalue weighted by atomic mass is 9.92. The molecule has 0 bridgehead atoms. The van der Waals surface area contributed by atoms with Gasteiger partial charge in [-0.2, -0.15) is 4.31 Å². The minimum Gasteiger partial charge on any atom is -0.481 e. The first kappa shape index (κ1) is 18.3. The summed E-state index contributed by atoms with van der Waals surface area (Å²) < 4.78 is 26.4. The second-order valence-corrected chi connectivity index (χ2v) is 7.93. The number of nitro groups is 1. The second-order valence-electron chi connectivity index (χ2n) is 5.89. The molecule has 1 N–H and O–H groups in total. The number of nitro benzene ring substituents is 1. The van der Waals surface area contributed by atoms with Gasteiger partial charge >= 0.3 is 5.97 Å². The van der Waals surface area contributed by atoms with Crippen LogP contribution in [0.5, 0.6) is 0 Å². The van der Waals surface area contributed by atoms with Crippen molar-refractivity contribution in [2.75, 3.05) is 12.3 Å². The molecule has 1 aliphatic heterocycles. The van der Waals surface area contributed by atoms with Gasteiger partial charge in [0.15, 0.2) is 0 Å². The molecule has 1 heterocycles. The van der Waals surface area contributed by atoms with Crippen molar-refractivity contribution in [3.05, 3.63) is 39.9 Å². The highest BCUT2D eigenvalue weighted by Gasteiger charge is 2.38. The molecule has 9 heteroatoms. The Morgan fingerprint density at radius 2 is 2.08 bits per heavy atom. The molecule has 2 atom stereocenters. The molecule has 0 radical (unpaired) electrons. The van der Waals surface area contributed by atoms with E-state index in [0.717, 1.165) is 0 Å². The number of carboxylic acids is 1. The predicted octanol–water partition coefficient (Wildman–Crippen LogP) is 1.65. The molecule has 2 rings (SSSR count). The third-order valence-electron chi connectivity index (χ3n) is 4.42. The Morgan fingerprint density at radius 1 is 1.42 bits per heavy atom. The number of aliphatic carboxylic acids is 1. The molecular weight excluding hydrogens is 336 g/mol. The van der Waals surface area contributed by atoms with E-state index in [1.165, 1.54) is 22.5 Å². The second kappa shape index (κ2) is 7.27. The average Bonchev–Trinajstić information content (AvgIpc) is 2.53. The maximum Gasteiger partial charge on any atom is 0.308 e. The molecule has 8 nitrogen and oxygen atoms in total. The highest BCUT2D eigenvalue weighted by Crippen LogP contribution is 2.27. The Bertz CT molecular complexity index is 733. The van der Waals surface area contributed by atoms with Gasteiger partial charge in [0.05, 0.1) is 16.6 Å². The molecule has 0 aliphatic carbocycles. The van der Waals surface area contributed by atoms with Crippen LogP contribution in [-0.4, -0.2) is 47.1 Å². The highest BCUT2D eigenvalue weighted by atomic mass is 32.2. The minimum absolute atomic E-state index is 0.0143. The number of benzene rings is 1. The largest absolute Gasteiger partial charge is 0.481 e. The van der Waals surface area contributed by atoms with Crippen molar-refractivity contribution in [3.8, 4) is 0 Å². The topological polar surface area (TPSA) is 118 Å². The lowest BCUT2D eigenvalue weighted by molar-refractivity contribution is -0.385. The summed E-state index contributed by atoms with van der Waals surface area (Å²) in [5, 5.41) is 20.2. The van der Waals surface area contributed by atoms with Crippen LogP contribution in [-0.2, 0) is 21.2 Å². The van der Waals surface area contributed by atoms with Crippen molar-refractivity contribution in [1.82, 2.24) is 4.31 Å². The lowest BCUT2D eigenvalue weighted by Crippen LogP contribution is -2.49. The summed E-state index contributed by atoms with van der Waals surface area (Å²) in [5.41, 5.74) is 0.244. The Kier molecular flexibility index (Phi) is 5.55. The van der Waals surface area contributed by atoms with E-state index in [0.29, 0.717) is 18.4 Å². The monoisotopic (exact) mass is 356 g/mol. The molecule has 0 aromatic heterocycles. The zero-order chi connectivity index (χ0) is 17.9. The third kappa shape index (κ3) is 3.90. The number of nitrogens with zero attached hydrogens (tertiary/aromatic N) is 2. The van der Waals surface area contributed by atoms with Crippen molar-refractivity contribution in [2.24, 2.45) is 5.92 Å². The summed E-state index contributed by atoms with van der Waals surface area (Å²) in [6.07, 6.45) is 0.957. The van der Waals surface area contributed by atoms with Crippen LogP contribution < -0.4 is 0 Å². The van der Waals surface area contributed by atoms with Crippen LogP contribution in [0.1, 0.15) is 25.3 Å². The van der Waals surface area contributed by atoms with Crippen molar-refractivity contribution >= 4 is 21.7 Å². The Hall–Kier alpha value is -2.00. The zero-order valence-corrected chi connectivity index (χ0v) is 14.1. The van der Waals surface area contributed by atoms with Crippen LogP contribution in [0, 0.1) is 16.0 Å². The van der Waals surface area contributed by atoms with Gasteiger partial charge < -0.3 is 5.11 Å². The summed E-state index contributed by atoms with van der Waals surface area (Å²) in [5.74, 6) is -2.00. The van der Waals surface area contributed by atoms with Gasteiger partial charge in [0.2, 0.25) is 10.0 Å². The molecule has 1 aromatic rings. The number of carbonyl (C=O) groups is 1. The van der Waals surface area contributed by atoms with E-state index < -0.39 is 32.9 Å². The third-order valence-corrected chi connectivity index (χ3v) is 6.37. The van der Waals surface area contributed by atoms with Crippen LogP contribution in [0.2, 0.25) is 0 Å². The van der Waals surface area contributed by atoms with Gasteiger partial charge in [-0.25, -0.2) is 8.42 Å². The highest BCUT2D eigenvalue weighted by molar-refractivity contribution is 7.89. The van der Waals surface area contributed by atoms with E-state index in [1.807, 2.05) is 0 Å². The van der Waals surface area contributed by atoms with E-state index in [4.69, 9.17) is 0 Å². The van der Waals surface area contributed by atoms with E-state index >= 15 is 0 Å². The Balaban J connectivity index is 2.14. The van der Waals surface area contributed by atoms with Crippen LogP contribution in [0.25, 0.3) is 0 Å². The molecular formula is C15H20N2O6S. The molecule has 132 valence electrons. The van der Waals surface area contributed by atoms with E-state index in [2.05, 4.69) is 0 Å². The van der Waals surface area contributed by atoms with Crippen LogP contribution in [0.15, 0.2) is 24.3 Å². The van der Waals surface area contributed by atoms with Crippen LogP contribution in [0.3, 0.4) is 0 Å². The van der Waals surface area contributed by atoms with E-state index in [9.17, 15) is 28.4 Å². The number of rotatable bonds is 6. The number of hydrogen-bond acceptors (Lipinski definition) is 5. The lowest BCUT2D eigenvalue weighted by Gasteiger charge is -2.36. The number of carboxylic acid groups (broad SMARTS) is 1. The summed E-state index contributed by atoms with van der Waals surface area (Å²) in [4.78, 5) is 21.7. The van der Waals surface area contributed by atoms with Crippen LogP contribution >= 0.6 is 0 Å². The first-order valence-corrected chi connectivity index (χ1v) is 9.29. The Morgan fingerprint density at radius 3 is 2.71 bits per heavy atom. The fourth-order valence-electron chi connectivity index (χ4n) is 3.09. The van der Waals surface area contributed by atoms with Gasteiger partial charge in [-0.05, 0) is 26.2 Å². The van der Waals surface area contributed by atoms with Gasteiger partial charge in [0.1, 0.15) is 0 Å². The quantitative estimate of drug-likeness (QED) is 0.612. The number of piperidine rings is 1. The van der Waals surface area contributed by atoms with E-state index in [1.54, 1.807) is 13.0 Å². The smallest absolute Gasteiger partial charge is 0.308 e. The molecule has 1 fully saturated rings. The predicted molar refractivity (Wildman–Crippen MR) is 87.1 cm³/mol. The molecule has 1 saturated heterocycles. The van der Waals surface area contributed by atoms with E-state index in [-0.39, 0.29) is 24.4 Å². The van der Waals surface area contributed by atoms with Crippen molar-refractivity contribution in [2.45, 2.75) is 32.2 Å². The first-order chi connectivity index (χ1) is 11.2. The molecule has 1 aromatic carbocycles. The standard InChI is InChI=1S/C15H20N2O6S/c1-11-13(15(18)19)6-4-9-16(11)24(22,23)10-8-12-5-2-3-7-14(12)17(20)21/h2-3,5,7,11,13H,4,6,8-10H2,1H3,(H,18,19)/t11-,13-/m1/s1. The van der Waals surface area contributed by atoms with Crippen LogP contribution in [0.4, 0.5) is 5.69 Å². The van der Waals surface area contributed by atoms with Crippen molar-refractivity contribution in [3.63, 3.8) is 0 Å². The average molecular weight is 356 g/mol. The molecule has 1 aliphatic rings. The normalized spacial score (nSPS) is 22.2. The van der Waals surface area contributed by atoms with Gasteiger partial charge in [-0.15, -0.1) is 0 Å². The Labute approximate surface area is 140 Å². The summed E-state index contributed by atoms with van der Waals surface area (Å²) in [7, 11) is -3.69. The minimum atomic E-state index is -3.69. The van der Waals surface area contributed by atoms with Gasteiger partial charge in [0, 0.05) is 24.2 Å². The van der Waals surface area contributed by atoms with Gasteiger partial charge in [-0.1, -0.05) is 18.2 Å². The maximum atomic E-state index is 12.6.